The van der Waals surface area contributed by atoms with E-state index >= 15 is 0 Å². The number of benzene rings is 2. The number of carbonyl (C=O) groups is 1. The third-order valence-electron chi connectivity index (χ3n) is 3.48. The van der Waals surface area contributed by atoms with Gasteiger partial charge in [0.15, 0.2) is 4.34 Å². The predicted octanol–water partition coefficient (Wildman–Crippen LogP) is 5.15. The fraction of sp³-hybridized carbons (Fsp3) is 0.0526. The van der Waals surface area contributed by atoms with Crippen LogP contribution in [0.15, 0.2) is 52.9 Å². The minimum Gasteiger partial charge on any atom is -0.297 e. The highest BCUT2D eigenvalue weighted by molar-refractivity contribution is 8.00. The van der Waals surface area contributed by atoms with Crippen LogP contribution in [0.4, 0.5) is 9.52 Å². The van der Waals surface area contributed by atoms with Crippen LogP contribution in [0.3, 0.4) is 0 Å². The number of amides is 1. The Bertz CT molecular complexity index is 1040. The van der Waals surface area contributed by atoms with Crippen molar-refractivity contribution in [2.75, 3.05) is 5.32 Å². The lowest BCUT2D eigenvalue weighted by atomic mass is 10.2. The molecule has 3 rings (SSSR count). The van der Waals surface area contributed by atoms with Gasteiger partial charge in [-0.3, -0.25) is 10.1 Å². The monoisotopic (exact) mass is 430 g/mol. The maximum atomic E-state index is 13.7. The van der Waals surface area contributed by atoms with E-state index in [-0.39, 0.29) is 10.6 Å². The molecule has 140 valence electrons. The number of halogens is 2. The van der Waals surface area contributed by atoms with Gasteiger partial charge in [-0.25, -0.2) is 4.39 Å². The predicted molar refractivity (Wildman–Crippen MR) is 110 cm³/mol. The first-order valence-corrected chi connectivity index (χ1v) is 10.1. The van der Waals surface area contributed by atoms with E-state index in [4.69, 9.17) is 16.9 Å². The van der Waals surface area contributed by atoms with E-state index in [1.165, 1.54) is 47.4 Å². The molecule has 0 radical (unpaired) electrons. The number of carbonyl (C=O) groups excluding carboxylic acids is 1. The van der Waals surface area contributed by atoms with Crippen LogP contribution < -0.4 is 5.32 Å². The summed E-state index contributed by atoms with van der Waals surface area (Å²) in [5.74, 6) is -0.298. The molecule has 0 aliphatic rings. The topological polar surface area (TPSA) is 78.7 Å². The highest BCUT2D eigenvalue weighted by atomic mass is 35.5. The summed E-state index contributed by atoms with van der Waals surface area (Å²) in [6, 6.07) is 13.7. The molecule has 1 heterocycles. The Hall–Kier alpha value is -2.73. The number of anilines is 1. The molecule has 1 aromatic heterocycles. The summed E-state index contributed by atoms with van der Waals surface area (Å²) in [5, 5.41) is 19.9. The molecule has 5 nitrogen and oxygen atoms in total. The minimum absolute atomic E-state index is 0.148. The molecule has 0 atom stereocenters. The zero-order valence-corrected chi connectivity index (χ0v) is 16.6. The highest BCUT2D eigenvalue weighted by Gasteiger charge is 2.08. The van der Waals surface area contributed by atoms with Gasteiger partial charge in [0, 0.05) is 17.4 Å². The van der Waals surface area contributed by atoms with Crippen molar-refractivity contribution in [1.82, 2.24) is 10.2 Å². The maximum Gasteiger partial charge on any atom is 0.250 e. The summed E-state index contributed by atoms with van der Waals surface area (Å²) in [6.07, 6.45) is 2.50. The zero-order chi connectivity index (χ0) is 19.9. The first-order valence-electron chi connectivity index (χ1n) is 7.93. The molecular weight excluding hydrogens is 419 g/mol. The molecule has 0 bridgehead atoms. The molecule has 9 heteroatoms. The Balaban J connectivity index is 1.55. The van der Waals surface area contributed by atoms with E-state index < -0.39 is 11.7 Å². The molecule has 3 aromatic rings. The molecule has 0 fully saturated rings. The number of hydrogen-bond donors (Lipinski definition) is 1. The van der Waals surface area contributed by atoms with Gasteiger partial charge in [0.1, 0.15) is 5.82 Å². The fourth-order valence-corrected chi connectivity index (χ4v) is 4.05. The normalized spacial score (nSPS) is 10.8. The molecule has 0 aliphatic heterocycles. The fourth-order valence-electron chi connectivity index (χ4n) is 2.12. The second-order valence-corrected chi connectivity index (χ2v) is 8.04. The molecule has 28 heavy (non-hydrogen) atoms. The number of rotatable bonds is 6. The van der Waals surface area contributed by atoms with Crippen LogP contribution in [-0.2, 0) is 10.5 Å². The lowest BCUT2D eigenvalue weighted by Crippen LogP contribution is -2.07. The number of nitrogens with zero attached hydrogens (tertiary/aromatic N) is 3. The van der Waals surface area contributed by atoms with Crippen molar-refractivity contribution in [2.24, 2.45) is 0 Å². The summed E-state index contributed by atoms with van der Waals surface area (Å²) >= 11 is 8.63. The lowest BCUT2D eigenvalue weighted by molar-refractivity contribution is -0.111. The molecule has 0 aliphatic carbocycles. The van der Waals surface area contributed by atoms with Crippen LogP contribution in [0.1, 0.15) is 16.7 Å². The summed E-state index contributed by atoms with van der Waals surface area (Å²) in [6.45, 7) is 0. The van der Waals surface area contributed by atoms with Crippen molar-refractivity contribution >= 4 is 51.8 Å². The van der Waals surface area contributed by atoms with Crippen molar-refractivity contribution in [2.45, 2.75) is 10.1 Å². The van der Waals surface area contributed by atoms with Crippen LogP contribution in [0.25, 0.3) is 6.08 Å². The van der Waals surface area contributed by atoms with Crippen LogP contribution in [-0.4, -0.2) is 16.1 Å². The number of hydrogen-bond acceptors (Lipinski definition) is 6. The lowest BCUT2D eigenvalue weighted by Gasteiger charge is -1.99. The van der Waals surface area contributed by atoms with E-state index in [2.05, 4.69) is 21.6 Å². The Kier molecular flexibility index (Phi) is 6.76. The Morgan fingerprint density at radius 2 is 2.07 bits per heavy atom. The van der Waals surface area contributed by atoms with Gasteiger partial charge in [0.05, 0.1) is 16.7 Å². The SMILES string of the molecule is N#Cc1ccc(CSc2nnc(NC(=O)/C=C/c3c(F)cccc3Cl)s2)cc1. The van der Waals surface area contributed by atoms with E-state index in [9.17, 15) is 9.18 Å². The molecule has 0 spiro atoms. The highest BCUT2D eigenvalue weighted by Crippen LogP contribution is 2.28. The Morgan fingerprint density at radius 3 is 2.79 bits per heavy atom. The zero-order valence-electron chi connectivity index (χ0n) is 14.2. The third-order valence-corrected chi connectivity index (χ3v) is 5.86. The van der Waals surface area contributed by atoms with Crippen LogP contribution >= 0.6 is 34.7 Å². The molecule has 0 unspecified atom stereocenters. The quantitative estimate of drug-likeness (QED) is 0.332. The Morgan fingerprint density at radius 1 is 1.29 bits per heavy atom. The number of thioether (sulfide) groups is 1. The average Bonchev–Trinajstić information content (AvgIpc) is 3.13. The van der Waals surface area contributed by atoms with Crippen molar-refractivity contribution in [3.63, 3.8) is 0 Å². The molecule has 1 N–H and O–H groups in total. The van der Waals surface area contributed by atoms with Crippen LogP contribution in [0.5, 0.6) is 0 Å². The van der Waals surface area contributed by atoms with Gasteiger partial charge in [-0.05, 0) is 35.9 Å². The average molecular weight is 431 g/mol. The van der Waals surface area contributed by atoms with Crippen molar-refractivity contribution in [3.05, 3.63) is 76.1 Å². The van der Waals surface area contributed by atoms with Gasteiger partial charge >= 0.3 is 0 Å². The van der Waals surface area contributed by atoms with Crippen LogP contribution in [0.2, 0.25) is 5.02 Å². The maximum absolute atomic E-state index is 13.7. The summed E-state index contributed by atoms with van der Waals surface area (Å²) < 4.78 is 14.4. The van der Waals surface area contributed by atoms with Crippen LogP contribution in [0, 0.1) is 17.1 Å². The second kappa shape index (κ2) is 9.46. The second-order valence-electron chi connectivity index (χ2n) is 5.43. The van der Waals surface area contributed by atoms with Gasteiger partial charge < -0.3 is 0 Å². The first-order chi connectivity index (χ1) is 13.5. The third kappa shape index (κ3) is 5.39. The summed E-state index contributed by atoms with van der Waals surface area (Å²) in [7, 11) is 0. The van der Waals surface area contributed by atoms with Gasteiger partial charge in [-0.15, -0.1) is 10.2 Å². The first kappa shape index (κ1) is 20.0. The molecule has 2 aromatic carbocycles. The number of nitrogens with one attached hydrogen (secondary N) is 1. The largest absolute Gasteiger partial charge is 0.297 e. The number of nitriles is 1. The Labute approximate surface area is 173 Å². The summed E-state index contributed by atoms with van der Waals surface area (Å²) in [5.41, 5.74) is 1.81. The van der Waals surface area contributed by atoms with E-state index in [0.717, 1.165) is 5.56 Å². The van der Waals surface area contributed by atoms with Gasteiger partial charge in [0.2, 0.25) is 11.0 Å². The summed E-state index contributed by atoms with van der Waals surface area (Å²) in [4.78, 5) is 12.0. The molecular formula is C19H12ClFN4OS2. The van der Waals surface area contributed by atoms with E-state index in [0.29, 0.717) is 20.8 Å². The number of aromatic nitrogens is 2. The standard InChI is InChI=1S/C19H12ClFN4OS2/c20-15-2-1-3-16(21)14(15)8-9-17(26)23-18-24-25-19(28-18)27-11-13-6-4-12(10-22)5-7-13/h1-9H,11H2,(H,23,24,26)/b9-8+. The van der Waals surface area contributed by atoms with E-state index in [1.807, 2.05) is 12.1 Å². The minimum atomic E-state index is -0.506. The van der Waals surface area contributed by atoms with Gasteiger partial charge in [-0.1, -0.05) is 52.9 Å². The molecule has 0 saturated carbocycles. The van der Waals surface area contributed by atoms with Crippen molar-refractivity contribution < 1.29 is 9.18 Å². The molecule has 0 saturated heterocycles. The van der Waals surface area contributed by atoms with Crippen molar-refractivity contribution in [3.8, 4) is 6.07 Å². The molecule has 1 amide bonds. The van der Waals surface area contributed by atoms with Gasteiger partial charge in [-0.2, -0.15) is 5.26 Å². The van der Waals surface area contributed by atoms with E-state index in [1.54, 1.807) is 18.2 Å². The van der Waals surface area contributed by atoms with Gasteiger partial charge in [0.25, 0.3) is 0 Å². The van der Waals surface area contributed by atoms with Crippen molar-refractivity contribution in [1.29, 1.82) is 5.26 Å². The smallest absolute Gasteiger partial charge is 0.250 e.